The van der Waals surface area contributed by atoms with E-state index in [1.54, 1.807) is 0 Å². The third-order valence-electron chi connectivity index (χ3n) is 1.91. The number of hydrogen-bond donors (Lipinski definition) is 0. The van der Waals surface area contributed by atoms with Crippen molar-refractivity contribution in [1.82, 2.24) is 0 Å². The predicted molar refractivity (Wildman–Crippen MR) is 37.2 cm³/mol. The highest BCUT2D eigenvalue weighted by molar-refractivity contribution is 5.03. The summed E-state index contributed by atoms with van der Waals surface area (Å²) in [6, 6.07) is 0. The molecule has 0 fully saturated rings. The van der Waals surface area contributed by atoms with Gasteiger partial charge in [0.25, 0.3) is 0 Å². The number of hydrogen-bond acceptors (Lipinski definition) is 1. The first-order valence-corrected chi connectivity index (χ1v) is 4.30. The number of alkyl halides is 11. The minimum Gasteiger partial charge on any atom is -0.287 e. The SMILES string of the molecule is CCC(F)(F)OC(C(F)(F)F)(C(F)(F)F)C(F)(F)F. The third-order valence-corrected chi connectivity index (χ3v) is 1.91. The van der Waals surface area contributed by atoms with Crippen molar-refractivity contribution in [3.8, 4) is 0 Å². The van der Waals surface area contributed by atoms with E-state index < -0.39 is 36.7 Å². The van der Waals surface area contributed by atoms with Crippen LogP contribution in [0.15, 0.2) is 0 Å². The maximum absolute atomic E-state index is 12.5. The van der Waals surface area contributed by atoms with Crippen LogP contribution < -0.4 is 0 Å². The average molecular weight is 314 g/mol. The highest BCUT2D eigenvalue weighted by Crippen LogP contribution is 2.56. The number of ether oxygens (including phenoxy) is 1. The van der Waals surface area contributed by atoms with E-state index in [-0.39, 0.29) is 0 Å². The third kappa shape index (κ3) is 3.20. The highest BCUT2D eigenvalue weighted by Gasteiger charge is 2.87. The maximum Gasteiger partial charge on any atom is 0.436 e. The maximum atomic E-state index is 12.5. The Labute approximate surface area is 97.9 Å². The molecular formula is C7H5F11O. The van der Waals surface area contributed by atoms with Gasteiger partial charge in [-0.2, -0.15) is 48.3 Å². The topological polar surface area (TPSA) is 9.23 Å². The quantitative estimate of drug-likeness (QED) is 0.700. The molecule has 0 saturated carbocycles. The minimum atomic E-state index is -7.16. The van der Waals surface area contributed by atoms with Gasteiger partial charge in [-0.25, -0.2) is 0 Å². The second-order valence-corrected chi connectivity index (χ2v) is 3.27. The smallest absolute Gasteiger partial charge is 0.287 e. The van der Waals surface area contributed by atoms with Crippen molar-refractivity contribution in [3.63, 3.8) is 0 Å². The van der Waals surface area contributed by atoms with Crippen molar-refractivity contribution in [1.29, 1.82) is 0 Å². The fraction of sp³-hybridized carbons (Fsp3) is 1.00. The minimum absolute atomic E-state index is 0.355. The summed E-state index contributed by atoms with van der Waals surface area (Å²) in [6.45, 7) is 0.355. The normalized spacial score (nSPS) is 15.8. The van der Waals surface area contributed by atoms with Gasteiger partial charge in [-0.3, -0.25) is 4.74 Å². The monoisotopic (exact) mass is 314 g/mol. The lowest BCUT2D eigenvalue weighted by molar-refractivity contribution is -0.499. The van der Waals surface area contributed by atoms with Crippen molar-refractivity contribution in [2.75, 3.05) is 0 Å². The van der Waals surface area contributed by atoms with Crippen molar-refractivity contribution < 1.29 is 53.0 Å². The second-order valence-electron chi connectivity index (χ2n) is 3.27. The average Bonchev–Trinajstić information content (AvgIpc) is 2.08. The molecule has 0 aliphatic carbocycles. The molecule has 0 saturated heterocycles. The Bertz CT molecular complexity index is 272. The molecule has 0 rings (SSSR count). The zero-order valence-electron chi connectivity index (χ0n) is 8.77. The zero-order chi connectivity index (χ0) is 15.9. The molecule has 0 amide bonds. The molecule has 0 spiro atoms. The van der Waals surface area contributed by atoms with Crippen LogP contribution in [0.2, 0.25) is 0 Å². The van der Waals surface area contributed by atoms with Crippen LogP contribution in [0.4, 0.5) is 48.3 Å². The van der Waals surface area contributed by atoms with Gasteiger partial charge >= 0.3 is 30.2 Å². The standard InChI is InChI=1S/C7H5F11O/c1-2-3(8,9)19-4(5(10,11)12,6(13,14)15)7(16,17)18/h2H2,1H3. The summed E-state index contributed by atoms with van der Waals surface area (Å²) in [4.78, 5) is 0. The molecule has 1 nitrogen and oxygen atoms in total. The molecule has 0 radical (unpaired) electrons. The Morgan fingerprint density at radius 1 is 0.632 bits per heavy atom. The highest BCUT2D eigenvalue weighted by atomic mass is 19.4. The molecule has 0 N–H and O–H groups in total. The van der Waals surface area contributed by atoms with Crippen LogP contribution in [0, 0.1) is 0 Å². The molecule has 116 valence electrons. The van der Waals surface area contributed by atoms with E-state index in [0.29, 0.717) is 6.92 Å². The molecule has 0 aliphatic heterocycles. The van der Waals surface area contributed by atoms with Crippen molar-refractivity contribution in [2.45, 2.75) is 43.6 Å². The van der Waals surface area contributed by atoms with E-state index >= 15 is 0 Å². The first-order valence-electron chi connectivity index (χ1n) is 4.30. The summed E-state index contributed by atoms with van der Waals surface area (Å²) in [5.41, 5.74) is -6.95. The van der Waals surface area contributed by atoms with Gasteiger partial charge in [0.15, 0.2) is 0 Å². The van der Waals surface area contributed by atoms with Crippen LogP contribution in [-0.2, 0) is 4.74 Å². The van der Waals surface area contributed by atoms with Gasteiger partial charge in [0, 0.05) is 6.42 Å². The van der Waals surface area contributed by atoms with E-state index in [9.17, 15) is 48.3 Å². The summed E-state index contributed by atoms with van der Waals surface area (Å²) in [6.07, 6.45) is -28.6. The molecule has 0 heterocycles. The van der Waals surface area contributed by atoms with Gasteiger partial charge in [-0.05, 0) is 0 Å². The lowest BCUT2D eigenvalue weighted by Gasteiger charge is -2.39. The molecule has 0 atom stereocenters. The zero-order valence-corrected chi connectivity index (χ0v) is 8.77. The van der Waals surface area contributed by atoms with Gasteiger partial charge in [-0.15, -0.1) is 0 Å². The Hall–Kier alpha value is -0.810. The Morgan fingerprint density at radius 2 is 0.895 bits per heavy atom. The first kappa shape index (κ1) is 18.2. The fourth-order valence-electron chi connectivity index (χ4n) is 0.952. The molecule has 0 aliphatic rings. The summed E-state index contributed by atoms with van der Waals surface area (Å²) in [5.74, 6) is 0. The molecule has 12 heteroatoms. The lowest BCUT2D eigenvalue weighted by Crippen LogP contribution is -2.69. The van der Waals surface area contributed by atoms with Crippen molar-refractivity contribution >= 4 is 0 Å². The molecule has 0 bridgehead atoms. The van der Waals surface area contributed by atoms with E-state index in [1.807, 2.05) is 0 Å². The number of rotatable bonds is 3. The van der Waals surface area contributed by atoms with Crippen LogP contribution in [0.25, 0.3) is 0 Å². The second kappa shape index (κ2) is 4.63. The molecule has 0 unspecified atom stereocenters. The number of halogens is 11. The predicted octanol–water partition coefficient (Wildman–Crippen LogP) is 4.43. The van der Waals surface area contributed by atoms with Crippen molar-refractivity contribution in [3.05, 3.63) is 0 Å². The van der Waals surface area contributed by atoms with Gasteiger partial charge in [-0.1, -0.05) is 6.92 Å². The van der Waals surface area contributed by atoms with E-state index in [1.165, 1.54) is 0 Å². The lowest BCUT2D eigenvalue weighted by atomic mass is 10.0. The molecular weight excluding hydrogens is 309 g/mol. The Morgan fingerprint density at radius 3 is 1.05 bits per heavy atom. The molecule has 19 heavy (non-hydrogen) atoms. The summed E-state index contributed by atoms with van der Waals surface area (Å²) < 4.78 is 136. The van der Waals surface area contributed by atoms with Crippen LogP contribution in [-0.4, -0.2) is 30.2 Å². The fourth-order valence-corrected chi connectivity index (χ4v) is 0.952. The van der Waals surface area contributed by atoms with E-state index in [2.05, 4.69) is 4.74 Å². The van der Waals surface area contributed by atoms with Crippen LogP contribution >= 0.6 is 0 Å². The van der Waals surface area contributed by atoms with E-state index in [4.69, 9.17) is 0 Å². The summed E-state index contributed by atoms with van der Waals surface area (Å²) in [7, 11) is 0. The van der Waals surface area contributed by atoms with E-state index in [0.717, 1.165) is 0 Å². The molecule has 0 aromatic heterocycles. The van der Waals surface area contributed by atoms with Crippen molar-refractivity contribution in [2.24, 2.45) is 0 Å². The Kier molecular flexibility index (Phi) is 4.43. The van der Waals surface area contributed by atoms with Gasteiger partial charge in [0.2, 0.25) is 0 Å². The first-order chi connectivity index (χ1) is 8.02. The van der Waals surface area contributed by atoms with Gasteiger partial charge < -0.3 is 0 Å². The Balaban J connectivity index is 6.13. The van der Waals surface area contributed by atoms with Crippen LogP contribution in [0.1, 0.15) is 13.3 Å². The molecule has 0 aromatic rings. The van der Waals surface area contributed by atoms with Crippen LogP contribution in [0.3, 0.4) is 0 Å². The van der Waals surface area contributed by atoms with Gasteiger partial charge in [0.1, 0.15) is 0 Å². The van der Waals surface area contributed by atoms with Crippen LogP contribution in [0.5, 0.6) is 0 Å². The summed E-state index contributed by atoms with van der Waals surface area (Å²) >= 11 is 0. The van der Waals surface area contributed by atoms with Gasteiger partial charge in [0.05, 0.1) is 0 Å². The molecule has 0 aromatic carbocycles. The largest absolute Gasteiger partial charge is 0.436 e. The summed E-state index contributed by atoms with van der Waals surface area (Å²) in [5, 5.41) is 0.